The Morgan fingerprint density at radius 3 is 2.44 bits per heavy atom. The van der Waals surface area contributed by atoms with Crippen molar-refractivity contribution in [2.24, 2.45) is 23.5 Å². The van der Waals surface area contributed by atoms with E-state index in [1.54, 1.807) is 44.5 Å². The number of nitrogens with two attached hydrogens (primary N) is 2. The molecule has 3 unspecified atom stereocenters. The zero-order valence-corrected chi connectivity index (χ0v) is 20.9. The number of rotatable bonds is 3. The summed E-state index contributed by atoms with van der Waals surface area (Å²) < 4.78 is 14.2. The van der Waals surface area contributed by atoms with Gasteiger partial charge in [0.2, 0.25) is 0 Å². The normalized spacial score (nSPS) is 26.9. The van der Waals surface area contributed by atoms with Gasteiger partial charge in [-0.15, -0.1) is 0 Å². The second-order valence-corrected chi connectivity index (χ2v) is 11.1. The number of carbonyl (C=O) groups excluding carboxylic acids is 1. The molecule has 6 rings (SSSR count). The first-order chi connectivity index (χ1) is 17.4. The molecule has 3 aliphatic carbocycles. The van der Waals surface area contributed by atoms with E-state index in [0.717, 1.165) is 24.8 Å². The minimum atomic E-state index is -0.469. The van der Waals surface area contributed by atoms with Crippen LogP contribution in [-0.2, 0) is 0 Å². The number of hydrogen-bond donors (Lipinski definition) is 3. The fraction of sp³-hybridized carbons (Fsp3) is 0.483. The van der Waals surface area contributed by atoms with Crippen molar-refractivity contribution in [3.8, 4) is 0 Å². The molecule has 3 saturated carbocycles. The van der Waals surface area contributed by atoms with Crippen LogP contribution in [0, 0.1) is 23.6 Å². The number of fused-ring (bicyclic) bond motifs is 3. The molecule has 1 aromatic carbocycles. The Morgan fingerprint density at radius 1 is 1.03 bits per heavy atom. The molecule has 0 saturated heterocycles. The summed E-state index contributed by atoms with van der Waals surface area (Å²) >= 11 is 0. The summed E-state index contributed by atoms with van der Waals surface area (Å²) in [4.78, 5) is 21.4. The number of benzene rings is 1. The lowest BCUT2D eigenvalue weighted by Crippen LogP contribution is -2.31. The lowest BCUT2D eigenvalue weighted by molar-refractivity contribution is 0.102. The molecular formula is C29H36FN5O. The fourth-order valence-electron chi connectivity index (χ4n) is 6.53. The van der Waals surface area contributed by atoms with Crippen LogP contribution in [-0.4, -0.2) is 21.9 Å². The quantitative estimate of drug-likeness (QED) is 0.416. The standard InChI is InChI=1S/C22H24FN5O.C7H12/c1-12-6-13(8-14(24)7-12)16-4-5-26-11-20(16)28-22(29)17-2-3-19(23)18-9-15(25)10-27-21(17)18;1-2-7-4-3-6(1)5-7/h2-5,9-14H,6-8,24-25H2,1H3,(H,28,29);6-7H,1-5H2. The Labute approximate surface area is 212 Å². The second-order valence-electron chi connectivity index (χ2n) is 11.1. The van der Waals surface area contributed by atoms with Gasteiger partial charge in [0.25, 0.3) is 5.91 Å². The van der Waals surface area contributed by atoms with E-state index in [2.05, 4.69) is 22.2 Å². The van der Waals surface area contributed by atoms with Crippen LogP contribution in [0.1, 0.15) is 80.1 Å². The van der Waals surface area contributed by atoms with Crippen LogP contribution in [0.5, 0.6) is 0 Å². The third kappa shape index (κ3) is 5.36. The van der Waals surface area contributed by atoms with Crippen LogP contribution >= 0.6 is 0 Å². The maximum atomic E-state index is 14.2. The van der Waals surface area contributed by atoms with E-state index in [0.29, 0.717) is 17.3 Å². The van der Waals surface area contributed by atoms with E-state index >= 15 is 0 Å². The molecule has 0 spiro atoms. The number of hydrogen-bond acceptors (Lipinski definition) is 5. The smallest absolute Gasteiger partial charge is 0.257 e. The van der Waals surface area contributed by atoms with E-state index in [1.165, 1.54) is 36.2 Å². The first-order valence-electron chi connectivity index (χ1n) is 13.2. The highest BCUT2D eigenvalue weighted by Crippen LogP contribution is 2.44. The highest BCUT2D eigenvalue weighted by molar-refractivity contribution is 6.12. The number of aromatic nitrogens is 2. The Morgan fingerprint density at radius 2 is 1.78 bits per heavy atom. The van der Waals surface area contributed by atoms with E-state index in [4.69, 9.17) is 11.5 Å². The summed E-state index contributed by atoms with van der Waals surface area (Å²) in [6.07, 6.45) is 15.5. The predicted octanol–water partition coefficient (Wildman–Crippen LogP) is 6.03. The number of nitrogen functional groups attached to an aromatic ring is 1. The third-order valence-electron chi connectivity index (χ3n) is 8.22. The van der Waals surface area contributed by atoms with Gasteiger partial charge in [-0.2, -0.15) is 0 Å². The van der Waals surface area contributed by atoms with Crippen molar-refractivity contribution < 1.29 is 9.18 Å². The van der Waals surface area contributed by atoms with E-state index < -0.39 is 5.82 Å². The molecule has 3 atom stereocenters. The Kier molecular flexibility index (Phi) is 7.19. The van der Waals surface area contributed by atoms with Gasteiger partial charge in [0.05, 0.1) is 34.8 Å². The molecule has 2 bridgehead atoms. The molecule has 3 aliphatic rings. The van der Waals surface area contributed by atoms with E-state index in [1.807, 2.05) is 6.07 Å². The van der Waals surface area contributed by atoms with Gasteiger partial charge in [0.15, 0.2) is 0 Å². The average Bonchev–Trinajstić information content (AvgIpc) is 3.51. The maximum Gasteiger partial charge on any atom is 0.257 e. The first kappa shape index (κ1) is 24.6. The van der Waals surface area contributed by atoms with Crippen molar-refractivity contribution >= 4 is 28.2 Å². The summed E-state index contributed by atoms with van der Waals surface area (Å²) in [5, 5.41) is 3.16. The van der Waals surface area contributed by atoms with E-state index in [9.17, 15) is 9.18 Å². The number of pyridine rings is 2. The zero-order chi connectivity index (χ0) is 25.2. The Balaban J connectivity index is 0.000000323. The predicted molar refractivity (Wildman–Crippen MR) is 142 cm³/mol. The molecule has 3 aromatic rings. The number of halogens is 1. The van der Waals surface area contributed by atoms with Crippen LogP contribution < -0.4 is 16.8 Å². The summed E-state index contributed by atoms with van der Waals surface area (Å²) in [5.74, 6) is 2.29. The highest BCUT2D eigenvalue weighted by atomic mass is 19.1. The van der Waals surface area contributed by atoms with Crippen molar-refractivity contribution in [1.29, 1.82) is 0 Å². The summed E-state index contributed by atoms with van der Waals surface area (Å²) in [7, 11) is 0. The monoisotopic (exact) mass is 489 g/mol. The van der Waals surface area contributed by atoms with Gasteiger partial charge in [-0.1, -0.05) is 32.6 Å². The minimum Gasteiger partial charge on any atom is -0.397 e. The Bertz CT molecular complexity index is 1220. The third-order valence-corrected chi connectivity index (χ3v) is 8.22. The highest BCUT2D eigenvalue weighted by Gasteiger charge is 2.30. The van der Waals surface area contributed by atoms with Crippen LogP contribution in [0.25, 0.3) is 10.9 Å². The largest absolute Gasteiger partial charge is 0.397 e. The summed E-state index contributed by atoms with van der Waals surface area (Å²) in [5.41, 5.74) is 14.5. The number of amides is 1. The van der Waals surface area contributed by atoms with Crippen molar-refractivity contribution in [2.75, 3.05) is 11.1 Å². The van der Waals surface area contributed by atoms with Crippen molar-refractivity contribution in [3.63, 3.8) is 0 Å². The zero-order valence-electron chi connectivity index (χ0n) is 20.9. The average molecular weight is 490 g/mol. The van der Waals surface area contributed by atoms with Gasteiger partial charge in [-0.25, -0.2) is 4.39 Å². The lowest BCUT2D eigenvalue weighted by atomic mass is 9.76. The molecule has 3 fully saturated rings. The van der Waals surface area contributed by atoms with Crippen LogP contribution in [0.2, 0.25) is 0 Å². The minimum absolute atomic E-state index is 0.149. The number of anilines is 2. The van der Waals surface area contributed by atoms with Crippen molar-refractivity contribution in [3.05, 3.63) is 59.8 Å². The fourth-order valence-corrected chi connectivity index (χ4v) is 6.53. The molecule has 7 heteroatoms. The molecule has 2 aromatic heterocycles. The lowest BCUT2D eigenvalue weighted by Gasteiger charge is -2.32. The SMILES string of the molecule is C1CC2CCC1C2.CC1CC(N)CC(c2ccncc2NC(=O)c2ccc(F)c3cc(N)cnc23)C1. The topological polar surface area (TPSA) is 107 Å². The van der Waals surface area contributed by atoms with Gasteiger partial charge in [0, 0.05) is 17.6 Å². The molecule has 6 nitrogen and oxygen atoms in total. The van der Waals surface area contributed by atoms with Crippen molar-refractivity contribution in [1.82, 2.24) is 9.97 Å². The molecule has 0 radical (unpaired) electrons. The van der Waals surface area contributed by atoms with Gasteiger partial charge in [-0.05, 0) is 79.2 Å². The second kappa shape index (κ2) is 10.5. The van der Waals surface area contributed by atoms with Crippen LogP contribution in [0.4, 0.5) is 15.8 Å². The van der Waals surface area contributed by atoms with Crippen LogP contribution in [0.15, 0.2) is 42.9 Å². The maximum absolute atomic E-state index is 14.2. The van der Waals surface area contributed by atoms with E-state index in [-0.39, 0.29) is 34.3 Å². The molecule has 0 aliphatic heterocycles. The van der Waals surface area contributed by atoms with Gasteiger partial charge in [0.1, 0.15) is 5.82 Å². The van der Waals surface area contributed by atoms with Gasteiger partial charge in [-0.3, -0.25) is 14.8 Å². The van der Waals surface area contributed by atoms with Crippen LogP contribution in [0.3, 0.4) is 0 Å². The number of nitrogens with zero attached hydrogens (tertiary/aromatic N) is 2. The number of carbonyl (C=O) groups is 1. The molecule has 36 heavy (non-hydrogen) atoms. The molecule has 5 N–H and O–H groups in total. The molecule has 2 heterocycles. The summed E-state index contributed by atoms with van der Waals surface area (Å²) in [6, 6.07) is 6.26. The molecule has 1 amide bonds. The molecule has 190 valence electrons. The summed E-state index contributed by atoms with van der Waals surface area (Å²) in [6.45, 7) is 2.20. The molecular weight excluding hydrogens is 453 g/mol. The van der Waals surface area contributed by atoms with Gasteiger partial charge >= 0.3 is 0 Å². The van der Waals surface area contributed by atoms with Crippen molar-refractivity contribution in [2.45, 2.75) is 70.3 Å². The number of nitrogens with one attached hydrogen (secondary N) is 1. The Hall–Kier alpha value is -3.06. The first-order valence-corrected chi connectivity index (χ1v) is 13.2. The van der Waals surface area contributed by atoms with Gasteiger partial charge < -0.3 is 16.8 Å².